The van der Waals surface area contributed by atoms with Crippen molar-refractivity contribution in [1.82, 2.24) is 4.90 Å². The highest BCUT2D eigenvalue weighted by molar-refractivity contribution is 9.11. The molecule has 0 saturated heterocycles. The Bertz CT molecular complexity index is 526. The second kappa shape index (κ2) is 8.14. The summed E-state index contributed by atoms with van der Waals surface area (Å²) in [5.41, 5.74) is 0.558. The molecule has 1 aromatic carbocycles. The van der Waals surface area contributed by atoms with Crippen molar-refractivity contribution in [2.24, 2.45) is 5.92 Å². The first-order valence-corrected chi connectivity index (χ1v) is 8.51. The second-order valence-corrected chi connectivity index (χ2v) is 7.47. The fourth-order valence-corrected chi connectivity index (χ4v) is 4.13. The maximum atomic E-state index is 12.3. The summed E-state index contributed by atoms with van der Waals surface area (Å²) >= 11 is 10.1. The molecule has 2 N–H and O–H groups in total. The average molecular weight is 487 g/mol. The van der Waals surface area contributed by atoms with E-state index in [0.29, 0.717) is 21.2 Å². The van der Waals surface area contributed by atoms with Gasteiger partial charge in [0.2, 0.25) is 0 Å². The third-order valence-electron chi connectivity index (χ3n) is 2.44. The Labute approximate surface area is 148 Å². The number of amides is 2. The first-order valence-electron chi connectivity index (χ1n) is 6.13. The number of nitrogens with zero attached hydrogens (tertiary/aromatic N) is 1. The third-order valence-corrected chi connectivity index (χ3v) is 4.15. The molecule has 0 heterocycles. The van der Waals surface area contributed by atoms with E-state index in [0.717, 1.165) is 4.47 Å². The van der Waals surface area contributed by atoms with Crippen LogP contribution in [0.3, 0.4) is 0 Å². The van der Waals surface area contributed by atoms with Crippen molar-refractivity contribution < 1.29 is 14.7 Å². The van der Waals surface area contributed by atoms with E-state index in [2.05, 4.69) is 53.1 Å². The van der Waals surface area contributed by atoms with E-state index in [1.165, 1.54) is 4.90 Å². The van der Waals surface area contributed by atoms with Gasteiger partial charge in [0.25, 0.3) is 0 Å². The molecule has 5 nitrogen and oxygen atoms in total. The van der Waals surface area contributed by atoms with Crippen molar-refractivity contribution in [3.8, 4) is 0 Å². The largest absolute Gasteiger partial charge is 0.480 e. The van der Waals surface area contributed by atoms with Crippen LogP contribution in [0.1, 0.15) is 13.8 Å². The van der Waals surface area contributed by atoms with Crippen LogP contribution < -0.4 is 5.32 Å². The smallest absolute Gasteiger partial charge is 0.323 e. The molecule has 0 aliphatic rings. The van der Waals surface area contributed by atoms with Gasteiger partial charge in [-0.2, -0.15) is 0 Å². The van der Waals surface area contributed by atoms with Gasteiger partial charge in [-0.15, -0.1) is 0 Å². The van der Waals surface area contributed by atoms with Gasteiger partial charge >= 0.3 is 12.0 Å². The number of halogens is 3. The van der Waals surface area contributed by atoms with E-state index < -0.39 is 12.0 Å². The number of aliphatic carboxylic acids is 1. The normalized spacial score (nSPS) is 10.6. The molecule has 0 aromatic heterocycles. The number of hydrogen-bond acceptors (Lipinski definition) is 2. The number of nitrogens with one attached hydrogen (secondary N) is 1. The summed E-state index contributed by atoms with van der Waals surface area (Å²) in [6.45, 7) is 3.88. The molecule has 2 amide bonds. The highest BCUT2D eigenvalue weighted by Crippen LogP contribution is 2.34. The van der Waals surface area contributed by atoms with E-state index in [-0.39, 0.29) is 12.5 Å². The number of rotatable bonds is 5. The number of urea groups is 1. The number of carbonyl (C=O) groups excluding carboxylic acids is 1. The molecule has 8 heteroatoms. The lowest BCUT2D eigenvalue weighted by Gasteiger charge is -2.23. The number of carbonyl (C=O) groups is 2. The van der Waals surface area contributed by atoms with Gasteiger partial charge in [-0.1, -0.05) is 29.8 Å². The summed E-state index contributed by atoms with van der Waals surface area (Å²) in [4.78, 5) is 24.4. The zero-order chi connectivity index (χ0) is 16.2. The van der Waals surface area contributed by atoms with Crippen LogP contribution >= 0.6 is 47.8 Å². The quantitative estimate of drug-likeness (QED) is 0.641. The Balaban J connectivity index is 2.93. The summed E-state index contributed by atoms with van der Waals surface area (Å²) < 4.78 is 2.23. The van der Waals surface area contributed by atoms with Gasteiger partial charge in [0.1, 0.15) is 6.54 Å². The molecule has 0 saturated carbocycles. The van der Waals surface area contributed by atoms with Crippen molar-refractivity contribution in [2.75, 3.05) is 18.4 Å². The molecule has 21 heavy (non-hydrogen) atoms. The van der Waals surface area contributed by atoms with Crippen LogP contribution in [-0.4, -0.2) is 35.1 Å². The van der Waals surface area contributed by atoms with Crippen LogP contribution in [0.2, 0.25) is 0 Å². The molecule has 1 aromatic rings. The van der Waals surface area contributed by atoms with Crippen LogP contribution in [0.5, 0.6) is 0 Å². The Hall–Kier alpha value is -0.600. The minimum Gasteiger partial charge on any atom is -0.480 e. The number of hydrogen-bond donors (Lipinski definition) is 2. The summed E-state index contributed by atoms with van der Waals surface area (Å²) in [6, 6.07) is 3.14. The molecular formula is C13H15Br3N2O3. The lowest BCUT2D eigenvalue weighted by molar-refractivity contribution is -0.137. The summed E-state index contributed by atoms with van der Waals surface area (Å²) in [6.07, 6.45) is 0. The molecule has 0 fully saturated rings. The van der Waals surface area contributed by atoms with Crippen molar-refractivity contribution in [2.45, 2.75) is 13.8 Å². The first-order chi connectivity index (χ1) is 9.70. The molecule has 0 bridgehead atoms. The summed E-state index contributed by atoms with van der Waals surface area (Å²) in [7, 11) is 0. The zero-order valence-electron chi connectivity index (χ0n) is 11.5. The van der Waals surface area contributed by atoms with Crippen LogP contribution in [0.15, 0.2) is 25.6 Å². The van der Waals surface area contributed by atoms with Crippen LogP contribution in [0.4, 0.5) is 10.5 Å². The molecule has 116 valence electrons. The van der Waals surface area contributed by atoms with Gasteiger partial charge in [-0.25, -0.2) is 4.79 Å². The number of benzene rings is 1. The first kappa shape index (κ1) is 18.4. The summed E-state index contributed by atoms with van der Waals surface area (Å²) in [5, 5.41) is 11.6. The fraction of sp³-hybridized carbons (Fsp3) is 0.385. The molecule has 0 aliphatic heterocycles. The van der Waals surface area contributed by atoms with Gasteiger partial charge < -0.3 is 15.3 Å². The Morgan fingerprint density at radius 1 is 1.24 bits per heavy atom. The Morgan fingerprint density at radius 2 is 1.76 bits per heavy atom. The molecular weight excluding hydrogens is 472 g/mol. The van der Waals surface area contributed by atoms with Crippen molar-refractivity contribution in [3.63, 3.8) is 0 Å². The van der Waals surface area contributed by atoms with Gasteiger partial charge in [0, 0.05) is 20.0 Å². The van der Waals surface area contributed by atoms with E-state index in [4.69, 9.17) is 5.11 Å². The van der Waals surface area contributed by atoms with Crippen molar-refractivity contribution in [3.05, 3.63) is 25.6 Å². The van der Waals surface area contributed by atoms with Crippen LogP contribution in [0.25, 0.3) is 0 Å². The predicted molar refractivity (Wildman–Crippen MR) is 92.6 cm³/mol. The fourth-order valence-electron chi connectivity index (χ4n) is 1.67. The lowest BCUT2D eigenvalue weighted by atomic mass is 10.2. The number of carboxylic acids is 1. The van der Waals surface area contributed by atoms with E-state index in [1.807, 2.05) is 13.8 Å². The van der Waals surface area contributed by atoms with Gasteiger partial charge in [-0.3, -0.25) is 4.79 Å². The van der Waals surface area contributed by atoms with Gasteiger partial charge in [0.05, 0.1) is 5.69 Å². The topological polar surface area (TPSA) is 69.6 Å². The minimum absolute atomic E-state index is 0.173. The maximum Gasteiger partial charge on any atom is 0.323 e. The van der Waals surface area contributed by atoms with E-state index >= 15 is 0 Å². The van der Waals surface area contributed by atoms with E-state index in [9.17, 15) is 9.59 Å². The van der Waals surface area contributed by atoms with Crippen molar-refractivity contribution >= 4 is 65.5 Å². The van der Waals surface area contributed by atoms with Gasteiger partial charge in [0.15, 0.2) is 0 Å². The zero-order valence-corrected chi connectivity index (χ0v) is 16.2. The van der Waals surface area contributed by atoms with Crippen LogP contribution in [-0.2, 0) is 4.79 Å². The van der Waals surface area contributed by atoms with Crippen molar-refractivity contribution in [1.29, 1.82) is 0 Å². The molecule has 0 aliphatic carbocycles. The SMILES string of the molecule is CC(C)CN(CC(=O)O)C(=O)Nc1c(Br)cc(Br)cc1Br. The summed E-state index contributed by atoms with van der Waals surface area (Å²) in [5.74, 6) is -0.869. The molecule has 0 unspecified atom stereocenters. The molecule has 0 atom stereocenters. The third kappa shape index (κ3) is 5.96. The predicted octanol–water partition coefficient (Wildman–Crippen LogP) is 4.55. The molecule has 0 spiro atoms. The Morgan fingerprint density at radius 3 is 2.19 bits per heavy atom. The number of anilines is 1. The minimum atomic E-state index is -1.04. The number of carboxylic acid groups (broad SMARTS) is 1. The van der Waals surface area contributed by atoms with E-state index in [1.54, 1.807) is 12.1 Å². The standard InChI is InChI=1S/C13H15Br3N2O3/c1-7(2)5-18(6-11(19)20)13(21)17-12-9(15)3-8(14)4-10(12)16/h3-4,7H,5-6H2,1-2H3,(H,17,21)(H,19,20). The monoisotopic (exact) mass is 484 g/mol. The van der Waals surface area contributed by atoms with Gasteiger partial charge in [-0.05, 0) is 49.9 Å². The lowest BCUT2D eigenvalue weighted by Crippen LogP contribution is -2.41. The average Bonchev–Trinajstić information content (AvgIpc) is 2.31. The highest BCUT2D eigenvalue weighted by atomic mass is 79.9. The second-order valence-electron chi connectivity index (χ2n) is 4.84. The molecule has 0 radical (unpaired) electrons. The van der Waals surface area contributed by atoms with Crippen LogP contribution in [0, 0.1) is 5.92 Å². The highest BCUT2D eigenvalue weighted by Gasteiger charge is 2.20. The maximum absolute atomic E-state index is 12.3. The Kier molecular flexibility index (Phi) is 7.15. The molecule has 1 rings (SSSR count).